The standard InChI is InChI=1S/C18H21N3O5/c1-4-26-15-8-5-13(6-9-15)19-12(2)18(22)20-16-11-14(21(23)24)7-10-17(16)25-3/h5-12,19H,4H2,1-3H3,(H,20,22). The van der Waals surface area contributed by atoms with E-state index in [1.54, 1.807) is 19.1 Å². The van der Waals surface area contributed by atoms with Crippen LogP contribution in [0.1, 0.15) is 13.8 Å². The molecule has 8 heteroatoms. The van der Waals surface area contributed by atoms with E-state index in [4.69, 9.17) is 9.47 Å². The molecule has 0 spiro atoms. The van der Waals surface area contributed by atoms with E-state index < -0.39 is 11.0 Å². The predicted molar refractivity (Wildman–Crippen MR) is 99.0 cm³/mol. The maximum absolute atomic E-state index is 12.4. The second-order valence-electron chi connectivity index (χ2n) is 5.45. The number of non-ortho nitro benzene ring substituents is 1. The molecule has 0 aromatic heterocycles. The Kier molecular flexibility index (Phi) is 6.37. The Labute approximate surface area is 151 Å². The highest BCUT2D eigenvalue weighted by molar-refractivity contribution is 5.97. The molecule has 0 aliphatic rings. The van der Waals surface area contributed by atoms with Crippen LogP contribution >= 0.6 is 0 Å². The highest BCUT2D eigenvalue weighted by Gasteiger charge is 2.17. The van der Waals surface area contributed by atoms with Gasteiger partial charge in [0.25, 0.3) is 5.69 Å². The largest absolute Gasteiger partial charge is 0.495 e. The van der Waals surface area contributed by atoms with Crippen molar-refractivity contribution >= 4 is 23.0 Å². The molecule has 0 saturated carbocycles. The van der Waals surface area contributed by atoms with Gasteiger partial charge in [0.05, 0.1) is 24.3 Å². The fourth-order valence-electron chi connectivity index (χ4n) is 2.28. The Morgan fingerprint density at radius 2 is 1.92 bits per heavy atom. The minimum absolute atomic E-state index is 0.131. The van der Waals surface area contributed by atoms with Gasteiger partial charge in [0.2, 0.25) is 5.91 Å². The topological polar surface area (TPSA) is 103 Å². The van der Waals surface area contributed by atoms with Crippen molar-refractivity contribution in [3.8, 4) is 11.5 Å². The zero-order valence-corrected chi connectivity index (χ0v) is 14.8. The molecule has 0 heterocycles. The molecule has 1 amide bonds. The first-order valence-corrected chi connectivity index (χ1v) is 8.07. The van der Waals surface area contributed by atoms with E-state index in [-0.39, 0.29) is 17.3 Å². The predicted octanol–water partition coefficient (Wildman–Crippen LogP) is 3.44. The first kappa shape index (κ1) is 19.0. The number of anilines is 2. The average molecular weight is 359 g/mol. The molecule has 0 bridgehead atoms. The van der Waals surface area contributed by atoms with Crippen LogP contribution in [0.4, 0.5) is 17.1 Å². The fourth-order valence-corrected chi connectivity index (χ4v) is 2.28. The fraction of sp³-hybridized carbons (Fsp3) is 0.278. The number of carbonyl (C=O) groups is 1. The van der Waals surface area contributed by atoms with Crippen LogP contribution in [0.5, 0.6) is 11.5 Å². The summed E-state index contributed by atoms with van der Waals surface area (Å²) in [6.07, 6.45) is 0. The molecule has 0 aliphatic carbocycles. The highest BCUT2D eigenvalue weighted by Crippen LogP contribution is 2.29. The van der Waals surface area contributed by atoms with Gasteiger partial charge >= 0.3 is 0 Å². The zero-order chi connectivity index (χ0) is 19.1. The lowest BCUT2D eigenvalue weighted by molar-refractivity contribution is -0.384. The van der Waals surface area contributed by atoms with E-state index >= 15 is 0 Å². The van der Waals surface area contributed by atoms with Gasteiger partial charge in [-0.3, -0.25) is 14.9 Å². The molecule has 0 saturated heterocycles. The van der Waals surface area contributed by atoms with Crippen molar-refractivity contribution in [2.75, 3.05) is 24.4 Å². The Morgan fingerprint density at radius 3 is 2.50 bits per heavy atom. The smallest absolute Gasteiger partial charge is 0.271 e. The quantitative estimate of drug-likeness (QED) is 0.553. The van der Waals surface area contributed by atoms with Crippen LogP contribution in [0.25, 0.3) is 0 Å². The summed E-state index contributed by atoms with van der Waals surface area (Å²) in [5, 5.41) is 16.6. The van der Waals surface area contributed by atoms with Crippen LogP contribution in [0, 0.1) is 10.1 Å². The number of nitro benzene ring substituents is 1. The zero-order valence-electron chi connectivity index (χ0n) is 14.8. The lowest BCUT2D eigenvalue weighted by Gasteiger charge is -2.17. The number of methoxy groups -OCH3 is 1. The van der Waals surface area contributed by atoms with Gasteiger partial charge in [0.15, 0.2) is 0 Å². The summed E-state index contributed by atoms with van der Waals surface area (Å²) >= 11 is 0. The second kappa shape index (κ2) is 8.70. The van der Waals surface area contributed by atoms with Crippen molar-refractivity contribution in [3.05, 3.63) is 52.6 Å². The number of carbonyl (C=O) groups excluding carboxylic acids is 1. The van der Waals surface area contributed by atoms with E-state index in [1.165, 1.54) is 25.3 Å². The molecule has 1 atom stereocenters. The van der Waals surface area contributed by atoms with Crippen LogP contribution < -0.4 is 20.1 Å². The van der Waals surface area contributed by atoms with E-state index in [2.05, 4.69) is 10.6 Å². The third kappa shape index (κ3) is 4.85. The van der Waals surface area contributed by atoms with Crippen LogP contribution in [0.15, 0.2) is 42.5 Å². The van der Waals surface area contributed by atoms with Crippen LogP contribution in [0.3, 0.4) is 0 Å². The summed E-state index contributed by atoms with van der Waals surface area (Å²) in [4.78, 5) is 22.8. The first-order valence-electron chi connectivity index (χ1n) is 8.07. The summed E-state index contributed by atoms with van der Waals surface area (Å²) in [5.41, 5.74) is 0.863. The number of nitrogens with one attached hydrogen (secondary N) is 2. The van der Waals surface area contributed by atoms with E-state index in [0.717, 1.165) is 11.4 Å². The molecule has 8 nitrogen and oxygen atoms in total. The van der Waals surface area contributed by atoms with E-state index in [1.807, 2.05) is 19.1 Å². The lowest BCUT2D eigenvalue weighted by atomic mass is 10.2. The molecule has 2 N–H and O–H groups in total. The van der Waals surface area contributed by atoms with Crippen LogP contribution in [-0.4, -0.2) is 30.6 Å². The number of rotatable bonds is 8. The monoisotopic (exact) mass is 359 g/mol. The highest BCUT2D eigenvalue weighted by atomic mass is 16.6. The van der Waals surface area contributed by atoms with Gasteiger partial charge in [-0.25, -0.2) is 0 Å². The first-order chi connectivity index (χ1) is 12.4. The lowest BCUT2D eigenvalue weighted by Crippen LogP contribution is -2.32. The number of hydrogen-bond donors (Lipinski definition) is 2. The summed E-state index contributed by atoms with van der Waals surface area (Å²) in [5.74, 6) is 0.742. The molecule has 2 rings (SSSR count). The maximum Gasteiger partial charge on any atom is 0.271 e. The SMILES string of the molecule is CCOc1ccc(NC(C)C(=O)Nc2cc([N+](=O)[O-])ccc2OC)cc1. The third-order valence-corrected chi connectivity index (χ3v) is 3.59. The Morgan fingerprint density at radius 1 is 1.23 bits per heavy atom. The Bertz CT molecular complexity index is 777. The van der Waals surface area contributed by atoms with Gasteiger partial charge in [0.1, 0.15) is 17.5 Å². The van der Waals surface area contributed by atoms with Crippen molar-refractivity contribution in [3.63, 3.8) is 0 Å². The number of amides is 1. The average Bonchev–Trinajstić information content (AvgIpc) is 2.63. The summed E-state index contributed by atoms with van der Waals surface area (Å²) in [6.45, 7) is 4.17. The number of hydrogen-bond acceptors (Lipinski definition) is 6. The van der Waals surface area contributed by atoms with Gasteiger partial charge in [-0.05, 0) is 44.2 Å². The van der Waals surface area contributed by atoms with Crippen molar-refractivity contribution in [1.82, 2.24) is 0 Å². The summed E-state index contributed by atoms with van der Waals surface area (Å²) in [6, 6.07) is 10.7. The van der Waals surface area contributed by atoms with Crippen molar-refractivity contribution in [1.29, 1.82) is 0 Å². The number of ether oxygens (including phenoxy) is 2. The van der Waals surface area contributed by atoms with Crippen molar-refractivity contribution < 1.29 is 19.2 Å². The molecule has 1 unspecified atom stereocenters. The molecule has 0 radical (unpaired) electrons. The number of nitro groups is 1. The van der Waals surface area contributed by atoms with Gasteiger partial charge in [-0.1, -0.05) is 0 Å². The molecule has 2 aromatic rings. The Balaban J connectivity index is 2.06. The molecule has 26 heavy (non-hydrogen) atoms. The van der Waals surface area contributed by atoms with Crippen LogP contribution in [0.2, 0.25) is 0 Å². The van der Waals surface area contributed by atoms with Crippen molar-refractivity contribution in [2.24, 2.45) is 0 Å². The second-order valence-corrected chi connectivity index (χ2v) is 5.45. The summed E-state index contributed by atoms with van der Waals surface area (Å²) < 4.78 is 10.5. The molecule has 2 aromatic carbocycles. The van der Waals surface area contributed by atoms with Crippen molar-refractivity contribution in [2.45, 2.75) is 19.9 Å². The number of benzene rings is 2. The molecule has 0 aliphatic heterocycles. The normalized spacial score (nSPS) is 11.3. The summed E-state index contributed by atoms with van der Waals surface area (Å²) in [7, 11) is 1.43. The van der Waals surface area contributed by atoms with Gasteiger partial charge < -0.3 is 20.1 Å². The molecule has 0 fully saturated rings. The maximum atomic E-state index is 12.4. The van der Waals surface area contributed by atoms with Gasteiger partial charge in [-0.15, -0.1) is 0 Å². The van der Waals surface area contributed by atoms with E-state index in [0.29, 0.717) is 12.4 Å². The van der Waals surface area contributed by atoms with Gasteiger partial charge in [0, 0.05) is 17.8 Å². The molecule has 138 valence electrons. The molecular formula is C18H21N3O5. The van der Waals surface area contributed by atoms with Crippen LogP contribution in [-0.2, 0) is 4.79 Å². The molecular weight excluding hydrogens is 338 g/mol. The Hall–Kier alpha value is -3.29. The van der Waals surface area contributed by atoms with Gasteiger partial charge in [-0.2, -0.15) is 0 Å². The number of nitrogens with zero attached hydrogens (tertiary/aromatic N) is 1. The minimum Gasteiger partial charge on any atom is -0.495 e. The third-order valence-electron chi connectivity index (χ3n) is 3.59. The minimum atomic E-state index is -0.572. The van der Waals surface area contributed by atoms with E-state index in [9.17, 15) is 14.9 Å².